The Morgan fingerprint density at radius 2 is 2.14 bits per heavy atom. The van der Waals surface area contributed by atoms with Gasteiger partial charge >= 0.3 is 0 Å². The number of phenols is 1. The lowest BCUT2D eigenvalue weighted by molar-refractivity contribution is 0.370. The van der Waals surface area contributed by atoms with Crippen molar-refractivity contribution in [2.75, 3.05) is 20.2 Å². The number of hydrogen-bond acceptors (Lipinski definition) is 3. The molecule has 21 heavy (non-hydrogen) atoms. The fraction of sp³-hybridized carbons (Fsp3) is 0.533. The van der Waals surface area contributed by atoms with Crippen LogP contribution >= 0.6 is 24.0 Å². The summed E-state index contributed by atoms with van der Waals surface area (Å²) in [7, 11) is 1.55. The first-order valence-corrected chi connectivity index (χ1v) is 7.11. The Bertz CT molecular complexity index is 476. The summed E-state index contributed by atoms with van der Waals surface area (Å²) in [6, 6.07) is 5.44. The normalized spacial score (nSPS) is 14.3. The van der Waals surface area contributed by atoms with Gasteiger partial charge in [-0.1, -0.05) is 12.1 Å². The van der Waals surface area contributed by atoms with Crippen molar-refractivity contribution in [1.29, 1.82) is 0 Å². The minimum Gasteiger partial charge on any atom is -0.504 e. The van der Waals surface area contributed by atoms with Crippen molar-refractivity contribution < 1.29 is 9.84 Å². The van der Waals surface area contributed by atoms with Crippen molar-refractivity contribution in [2.24, 2.45) is 10.9 Å². The van der Waals surface area contributed by atoms with Crippen LogP contribution in [0.25, 0.3) is 0 Å². The highest BCUT2D eigenvalue weighted by atomic mass is 127. The molecule has 3 N–H and O–H groups in total. The lowest BCUT2D eigenvalue weighted by Gasteiger charge is -2.11. The predicted molar refractivity (Wildman–Crippen MR) is 95.6 cm³/mol. The SMILES string of the molecule is CCNC(=NCc1cccc(OC)c1O)NCC1CC1.I. The second-order valence-corrected chi connectivity index (χ2v) is 4.99. The third-order valence-electron chi connectivity index (χ3n) is 3.31. The number of methoxy groups -OCH3 is 1. The lowest BCUT2D eigenvalue weighted by atomic mass is 10.2. The molecule has 0 unspecified atom stereocenters. The summed E-state index contributed by atoms with van der Waals surface area (Å²) in [5.74, 6) is 2.23. The van der Waals surface area contributed by atoms with Crippen LogP contribution in [0, 0.1) is 5.92 Å². The molecule has 1 aliphatic carbocycles. The summed E-state index contributed by atoms with van der Waals surface area (Å²) in [5.41, 5.74) is 0.757. The van der Waals surface area contributed by atoms with Gasteiger partial charge in [0.1, 0.15) is 0 Å². The third kappa shape index (κ3) is 5.61. The van der Waals surface area contributed by atoms with Crippen molar-refractivity contribution in [2.45, 2.75) is 26.3 Å². The highest BCUT2D eigenvalue weighted by Gasteiger charge is 2.21. The average Bonchev–Trinajstić information content (AvgIpc) is 3.27. The summed E-state index contributed by atoms with van der Waals surface area (Å²) in [4.78, 5) is 4.50. The number of aliphatic imine (C=N–C) groups is 1. The topological polar surface area (TPSA) is 65.9 Å². The molecule has 0 aliphatic heterocycles. The molecule has 1 saturated carbocycles. The van der Waals surface area contributed by atoms with Gasteiger partial charge in [0, 0.05) is 18.7 Å². The fourth-order valence-corrected chi connectivity index (χ4v) is 1.93. The number of phenolic OH excluding ortho intramolecular Hbond substituents is 1. The van der Waals surface area contributed by atoms with Crippen LogP contribution in [-0.4, -0.2) is 31.3 Å². The van der Waals surface area contributed by atoms with Crippen LogP contribution in [0.4, 0.5) is 0 Å². The van der Waals surface area contributed by atoms with E-state index in [-0.39, 0.29) is 29.7 Å². The first kappa shape index (κ1) is 17.9. The molecule has 0 spiro atoms. The maximum absolute atomic E-state index is 10.0. The van der Waals surface area contributed by atoms with Crippen LogP contribution in [0.3, 0.4) is 0 Å². The van der Waals surface area contributed by atoms with E-state index in [2.05, 4.69) is 15.6 Å². The molecule has 1 aromatic carbocycles. The zero-order chi connectivity index (χ0) is 14.4. The summed E-state index contributed by atoms with van der Waals surface area (Å²) < 4.78 is 5.10. The minimum atomic E-state index is 0. The highest BCUT2D eigenvalue weighted by molar-refractivity contribution is 14.0. The Labute approximate surface area is 143 Å². The van der Waals surface area contributed by atoms with Crippen molar-refractivity contribution in [3.05, 3.63) is 23.8 Å². The number of halogens is 1. The molecule has 1 fully saturated rings. The third-order valence-corrected chi connectivity index (χ3v) is 3.31. The van der Waals surface area contributed by atoms with Gasteiger partial charge in [0.2, 0.25) is 0 Å². The molecule has 0 aromatic heterocycles. The Morgan fingerprint density at radius 1 is 1.38 bits per heavy atom. The van der Waals surface area contributed by atoms with E-state index in [1.165, 1.54) is 12.8 Å². The van der Waals surface area contributed by atoms with Gasteiger partial charge in [-0.3, -0.25) is 0 Å². The summed E-state index contributed by atoms with van der Waals surface area (Å²) >= 11 is 0. The number of guanidine groups is 1. The lowest BCUT2D eigenvalue weighted by Crippen LogP contribution is -2.38. The van der Waals surface area contributed by atoms with Crippen molar-refractivity contribution in [1.82, 2.24) is 10.6 Å². The van der Waals surface area contributed by atoms with E-state index in [0.29, 0.717) is 12.3 Å². The van der Waals surface area contributed by atoms with Crippen molar-refractivity contribution in [3.63, 3.8) is 0 Å². The zero-order valence-electron chi connectivity index (χ0n) is 12.6. The molecule has 0 heterocycles. The molecular weight excluding hydrogens is 381 g/mol. The summed E-state index contributed by atoms with van der Waals surface area (Å²) in [5, 5.41) is 16.6. The number of para-hydroxylation sites is 1. The van der Waals surface area contributed by atoms with E-state index < -0.39 is 0 Å². The van der Waals surface area contributed by atoms with Crippen LogP contribution in [0.5, 0.6) is 11.5 Å². The Kier molecular flexibility index (Phi) is 7.63. The van der Waals surface area contributed by atoms with E-state index >= 15 is 0 Å². The van der Waals surface area contributed by atoms with Gasteiger partial charge in [-0.25, -0.2) is 4.99 Å². The molecule has 0 saturated heterocycles. The smallest absolute Gasteiger partial charge is 0.191 e. The first-order valence-electron chi connectivity index (χ1n) is 7.11. The molecule has 5 nitrogen and oxygen atoms in total. The molecule has 2 rings (SSSR count). The van der Waals surface area contributed by atoms with Gasteiger partial charge in [-0.05, 0) is 31.7 Å². The molecule has 0 amide bonds. The number of nitrogens with zero attached hydrogens (tertiary/aromatic N) is 1. The molecule has 0 atom stereocenters. The predicted octanol–water partition coefficient (Wildman–Crippen LogP) is 2.48. The van der Waals surface area contributed by atoms with Crippen LogP contribution in [0.15, 0.2) is 23.2 Å². The number of ether oxygens (including phenoxy) is 1. The van der Waals surface area contributed by atoms with Crippen molar-refractivity contribution in [3.8, 4) is 11.5 Å². The van der Waals surface area contributed by atoms with Gasteiger partial charge in [0.15, 0.2) is 17.5 Å². The van der Waals surface area contributed by atoms with Gasteiger partial charge in [0.25, 0.3) is 0 Å². The standard InChI is InChI=1S/C15H23N3O2.HI/c1-3-16-15(17-9-11-7-8-11)18-10-12-5-4-6-13(20-2)14(12)19;/h4-6,11,19H,3,7-10H2,1-2H3,(H2,16,17,18);1H. The zero-order valence-corrected chi connectivity index (χ0v) is 14.9. The minimum absolute atomic E-state index is 0. The van der Waals surface area contributed by atoms with E-state index in [4.69, 9.17) is 4.74 Å². The van der Waals surface area contributed by atoms with Gasteiger partial charge in [-0.15, -0.1) is 24.0 Å². The van der Waals surface area contributed by atoms with Crippen molar-refractivity contribution >= 4 is 29.9 Å². The first-order chi connectivity index (χ1) is 9.74. The second kappa shape index (κ2) is 8.96. The quantitative estimate of drug-likeness (QED) is 0.387. The number of aromatic hydroxyl groups is 1. The number of nitrogens with one attached hydrogen (secondary N) is 2. The fourth-order valence-electron chi connectivity index (χ4n) is 1.93. The monoisotopic (exact) mass is 405 g/mol. The molecular formula is C15H24IN3O2. The molecule has 1 aliphatic rings. The average molecular weight is 405 g/mol. The molecule has 0 bridgehead atoms. The Balaban J connectivity index is 0.00000220. The van der Waals surface area contributed by atoms with Gasteiger partial charge in [-0.2, -0.15) is 0 Å². The second-order valence-electron chi connectivity index (χ2n) is 4.99. The largest absolute Gasteiger partial charge is 0.504 e. The van der Waals surface area contributed by atoms with Crippen LogP contribution < -0.4 is 15.4 Å². The Morgan fingerprint density at radius 3 is 2.76 bits per heavy atom. The number of benzene rings is 1. The summed E-state index contributed by atoms with van der Waals surface area (Å²) in [6.45, 7) is 4.25. The maximum atomic E-state index is 10.0. The van der Waals surface area contributed by atoms with Crippen LogP contribution in [0.2, 0.25) is 0 Å². The van der Waals surface area contributed by atoms with E-state index in [9.17, 15) is 5.11 Å². The van der Waals surface area contributed by atoms with E-state index in [0.717, 1.165) is 30.5 Å². The molecule has 118 valence electrons. The van der Waals surface area contributed by atoms with Crippen LogP contribution in [-0.2, 0) is 6.54 Å². The van der Waals surface area contributed by atoms with Crippen LogP contribution in [0.1, 0.15) is 25.3 Å². The number of rotatable bonds is 6. The molecule has 1 aromatic rings. The highest BCUT2D eigenvalue weighted by Crippen LogP contribution is 2.30. The maximum Gasteiger partial charge on any atom is 0.191 e. The van der Waals surface area contributed by atoms with E-state index in [1.807, 2.05) is 19.1 Å². The summed E-state index contributed by atoms with van der Waals surface area (Å²) in [6.07, 6.45) is 2.62. The van der Waals surface area contributed by atoms with Gasteiger partial charge in [0.05, 0.1) is 13.7 Å². The van der Waals surface area contributed by atoms with E-state index in [1.54, 1.807) is 13.2 Å². The molecule has 6 heteroatoms. The molecule has 0 radical (unpaired) electrons. The Hall–Kier alpha value is -1.18. The number of hydrogen-bond donors (Lipinski definition) is 3. The van der Waals surface area contributed by atoms with Gasteiger partial charge < -0.3 is 20.5 Å².